The predicted octanol–water partition coefficient (Wildman–Crippen LogP) is 3.56. The van der Waals surface area contributed by atoms with Crippen LogP contribution >= 0.6 is 23.4 Å². The number of aromatic nitrogens is 3. The average molecular weight is 369 g/mol. The van der Waals surface area contributed by atoms with Crippen molar-refractivity contribution in [2.24, 2.45) is 0 Å². The zero-order chi connectivity index (χ0) is 17.1. The van der Waals surface area contributed by atoms with Crippen molar-refractivity contribution in [3.8, 4) is 11.6 Å². The Labute approximate surface area is 144 Å². The van der Waals surface area contributed by atoms with Crippen LogP contribution in [-0.2, 0) is 4.79 Å². The van der Waals surface area contributed by atoms with Gasteiger partial charge in [-0.25, -0.2) is 4.39 Å². The van der Waals surface area contributed by atoms with Crippen molar-refractivity contribution in [3.05, 3.63) is 40.9 Å². The maximum atomic E-state index is 13.1. The van der Waals surface area contributed by atoms with E-state index in [0.29, 0.717) is 17.1 Å². The van der Waals surface area contributed by atoms with Crippen LogP contribution in [0.15, 0.2) is 38.4 Å². The van der Waals surface area contributed by atoms with Crippen molar-refractivity contribution in [1.29, 1.82) is 0 Å². The summed E-state index contributed by atoms with van der Waals surface area (Å²) in [6, 6.07) is 5.58. The topological polar surface area (TPSA) is 94.1 Å². The minimum Gasteiger partial charge on any atom is -0.409 e. The third-order valence-corrected chi connectivity index (χ3v) is 3.89. The summed E-state index contributed by atoms with van der Waals surface area (Å²) in [6.45, 7) is 1.74. The van der Waals surface area contributed by atoms with Gasteiger partial charge in [0.2, 0.25) is 5.91 Å². The largest absolute Gasteiger partial charge is 0.409 e. The number of hydrogen-bond donors (Lipinski definition) is 1. The van der Waals surface area contributed by atoms with Gasteiger partial charge in [0.25, 0.3) is 11.1 Å². The SMILES string of the molecule is Cc1cc(-c2nnc(SCC(=O)Nc3ccc(F)c(Cl)c3)o2)no1. The Morgan fingerprint density at radius 3 is 2.92 bits per heavy atom. The molecule has 0 fully saturated rings. The summed E-state index contributed by atoms with van der Waals surface area (Å²) < 4.78 is 23.4. The number of aryl methyl sites for hydroxylation is 1. The first-order valence-electron chi connectivity index (χ1n) is 6.66. The van der Waals surface area contributed by atoms with Crippen LogP contribution in [-0.4, -0.2) is 27.0 Å². The van der Waals surface area contributed by atoms with Crippen LogP contribution in [0.25, 0.3) is 11.6 Å². The number of rotatable bonds is 5. The molecule has 124 valence electrons. The zero-order valence-corrected chi connectivity index (χ0v) is 13.8. The minimum absolute atomic E-state index is 0.0362. The van der Waals surface area contributed by atoms with Gasteiger partial charge in [-0.15, -0.1) is 10.2 Å². The van der Waals surface area contributed by atoms with Gasteiger partial charge in [-0.3, -0.25) is 4.79 Å². The molecule has 2 aromatic heterocycles. The summed E-state index contributed by atoms with van der Waals surface area (Å²) in [5, 5.41) is 14.2. The van der Waals surface area contributed by atoms with E-state index in [2.05, 4.69) is 20.7 Å². The first-order valence-corrected chi connectivity index (χ1v) is 8.02. The van der Waals surface area contributed by atoms with Crippen LogP contribution in [0, 0.1) is 12.7 Å². The van der Waals surface area contributed by atoms with Gasteiger partial charge in [-0.1, -0.05) is 28.5 Å². The van der Waals surface area contributed by atoms with Crippen LogP contribution < -0.4 is 5.32 Å². The Hall–Kier alpha value is -2.39. The highest BCUT2D eigenvalue weighted by Crippen LogP contribution is 2.23. The van der Waals surface area contributed by atoms with Crippen molar-refractivity contribution >= 4 is 35.0 Å². The number of halogens is 2. The fraction of sp³-hybridized carbons (Fsp3) is 0.143. The third-order valence-electron chi connectivity index (χ3n) is 2.78. The molecule has 24 heavy (non-hydrogen) atoms. The Bertz CT molecular complexity index is 883. The number of carbonyl (C=O) groups is 1. The molecule has 0 radical (unpaired) electrons. The molecule has 0 bridgehead atoms. The van der Waals surface area contributed by atoms with Crippen LogP contribution in [0.3, 0.4) is 0 Å². The number of nitrogens with one attached hydrogen (secondary N) is 1. The van der Waals surface area contributed by atoms with E-state index < -0.39 is 5.82 Å². The smallest absolute Gasteiger partial charge is 0.277 e. The van der Waals surface area contributed by atoms with Crippen LogP contribution in [0.4, 0.5) is 10.1 Å². The van der Waals surface area contributed by atoms with Gasteiger partial charge in [-0.05, 0) is 25.1 Å². The Morgan fingerprint density at radius 2 is 2.21 bits per heavy atom. The third kappa shape index (κ3) is 3.92. The first kappa shape index (κ1) is 16.5. The van der Waals surface area contributed by atoms with Crippen LogP contribution in [0.2, 0.25) is 5.02 Å². The molecule has 1 amide bonds. The monoisotopic (exact) mass is 368 g/mol. The van der Waals surface area contributed by atoms with Crippen molar-refractivity contribution in [2.75, 3.05) is 11.1 Å². The molecule has 7 nitrogen and oxygen atoms in total. The van der Waals surface area contributed by atoms with Gasteiger partial charge in [0.05, 0.1) is 10.8 Å². The number of carbonyl (C=O) groups excluding carboxylic acids is 1. The number of hydrogen-bond acceptors (Lipinski definition) is 7. The lowest BCUT2D eigenvalue weighted by molar-refractivity contribution is -0.113. The number of anilines is 1. The highest BCUT2D eigenvalue weighted by molar-refractivity contribution is 7.99. The number of amides is 1. The molecular formula is C14H10ClFN4O3S. The fourth-order valence-corrected chi connectivity index (χ4v) is 2.48. The van der Waals surface area contributed by atoms with Gasteiger partial charge < -0.3 is 14.3 Å². The molecular weight excluding hydrogens is 359 g/mol. The minimum atomic E-state index is -0.550. The summed E-state index contributed by atoms with van der Waals surface area (Å²) in [5.41, 5.74) is 0.827. The molecule has 2 heterocycles. The standard InChI is InChI=1S/C14H10ClFN4O3S/c1-7-4-11(20-23-7)13-18-19-14(22-13)24-6-12(21)17-8-2-3-10(16)9(15)5-8/h2-5H,6H2,1H3,(H,17,21). The van der Waals surface area contributed by atoms with E-state index in [4.69, 9.17) is 20.5 Å². The summed E-state index contributed by atoms with van der Waals surface area (Å²) in [4.78, 5) is 11.9. The first-order chi connectivity index (χ1) is 11.5. The molecule has 0 aliphatic carbocycles. The molecule has 10 heteroatoms. The Morgan fingerprint density at radius 1 is 1.38 bits per heavy atom. The van der Waals surface area contributed by atoms with E-state index >= 15 is 0 Å². The highest BCUT2D eigenvalue weighted by Gasteiger charge is 2.14. The lowest BCUT2D eigenvalue weighted by Gasteiger charge is -2.04. The second-order valence-corrected chi connectivity index (χ2v) is 6.00. The van der Waals surface area contributed by atoms with Crippen molar-refractivity contribution < 1.29 is 18.1 Å². The fourth-order valence-electron chi connectivity index (χ4n) is 1.74. The molecule has 0 aliphatic rings. The quantitative estimate of drug-likeness (QED) is 0.688. The number of benzene rings is 1. The molecule has 0 spiro atoms. The molecule has 1 N–H and O–H groups in total. The molecule has 0 atom stereocenters. The molecule has 0 saturated heterocycles. The van der Waals surface area contributed by atoms with E-state index in [-0.39, 0.29) is 27.8 Å². The van der Waals surface area contributed by atoms with E-state index in [9.17, 15) is 9.18 Å². The van der Waals surface area contributed by atoms with E-state index in [1.54, 1.807) is 13.0 Å². The van der Waals surface area contributed by atoms with Gasteiger partial charge in [0, 0.05) is 11.8 Å². The van der Waals surface area contributed by atoms with E-state index in [1.807, 2.05) is 0 Å². The highest BCUT2D eigenvalue weighted by atomic mass is 35.5. The van der Waals surface area contributed by atoms with Crippen molar-refractivity contribution in [1.82, 2.24) is 15.4 Å². The maximum absolute atomic E-state index is 13.1. The lowest BCUT2D eigenvalue weighted by Crippen LogP contribution is -2.14. The lowest BCUT2D eigenvalue weighted by atomic mass is 10.3. The Kier molecular flexibility index (Phi) is 4.81. The van der Waals surface area contributed by atoms with Gasteiger partial charge >= 0.3 is 0 Å². The maximum Gasteiger partial charge on any atom is 0.277 e. The van der Waals surface area contributed by atoms with Crippen LogP contribution in [0.5, 0.6) is 0 Å². The summed E-state index contributed by atoms with van der Waals surface area (Å²) in [5.74, 6) is -0.00544. The van der Waals surface area contributed by atoms with Gasteiger partial charge in [0.15, 0.2) is 5.69 Å². The summed E-state index contributed by atoms with van der Waals surface area (Å²) in [7, 11) is 0. The van der Waals surface area contributed by atoms with Crippen molar-refractivity contribution in [3.63, 3.8) is 0 Å². The molecule has 3 rings (SSSR count). The molecule has 0 unspecified atom stereocenters. The zero-order valence-electron chi connectivity index (χ0n) is 12.2. The van der Waals surface area contributed by atoms with Gasteiger partial charge in [-0.2, -0.15) is 0 Å². The Balaban J connectivity index is 1.56. The van der Waals surface area contributed by atoms with Crippen molar-refractivity contribution in [2.45, 2.75) is 12.1 Å². The molecule has 0 saturated carbocycles. The number of thioether (sulfide) groups is 1. The van der Waals surface area contributed by atoms with E-state index in [0.717, 1.165) is 11.8 Å². The van der Waals surface area contributed by atoms with Gasteiger partial charge in [0.1, 0.15) is 11.6 Å². The predicted molar refractivity (Wildman–Crippen MR) is 85.3 cm³/mol. The molecule has 0 aliphatic heterocycles. The summed E-state index contributed by atoms with van der Waals surface area (Å²) in [6.07, 6.45) is 0. The second kappa shape index (κ2) is 7.02. The normalized spacial score (nSPS) is 10.8. The second-order valence-electron chi connectivity index (χ2n) is 4.66. The molecule has 1 aromatic carbocycles. The number of nitrogens with zero attached hydrogens (tertiary/aromatic N) is 3. The molecule has 3 aromatic rings. The van der Waals surface area contributed by atoms with E-state index in [1.165, 1.54) is 18.2 Å². The average Bonchev–Trinajstić information content (AvgIpc) is 3.18. The van der Waals surface area contributed by atoms with Crippen LogP contribution in [0.1, 0.15) is 5.76 Å². The summed E-state index contributed by atoms with van der Waals surface area (Å²) >= 11 is 6.71.